The molecule has 7 nitrogen and oxygen atoms in total. The van der Waals surface area contributed by atoms with Crippen LogP contribution in [0.4, 0.5) is 0 Å². The first-order valence-electron chi connectivity index (χ1n) is 8.32. The van der Waals surface area contributed by atoms with Gasteiger partial charge in [-0.1, -0.05) is 6.92 Å². The van der Waals surface area contributed by atoms with E-state index in [1.807, 2.05) is 28.1 Å². The quantitative estimate of drug-likeness (QED) is 0.302. The second-order valence-corrected chi connectivity index (χ2v) is 6.56. The number of aliphatic hydroxyl groups excluding tert-OH is 2. The monoisotopic (exact) mass is 338 g/mol. The Morgan fingerprint density at radius 3 is 1.48 bits per heavy atom. The molecule has 0 aromatic rings. The molecule has 0 fully saturated rings. The highest BCUT2D eigenvalue weighted by Crippen LogP contribution is 1.96. The molecule has 0 aliphatic carbocycles. The van der Waals surface area contributed by atoms with Crippen molar-refractivity contribution in [1.82, 2.24) is 0 Å². The summed E-state index contributed by atoms with van der Waals surface area (Å²) in [7, 11) is 6.09. The van der Waals surface area contributed by atoms with Gasteiger partial charge in [-0.2, -0.15) is 0 Å². The molecule has 0 spiro atoms. The average Bonchev–Trinajstić information content (AvgIpc) is 2.46. The first-order chi connectivity index (χ1) is 10.8. The maximum Gasteiger partial charge on any atom is 0.126 e. The lowest BCUT2D eigenvalue weighted by molar-refractivity contribution is -0.873. The maximum atomic E-state index is 9.75. The lowest BCUT2D eigenvalue weighted by Crippen LogP contribution is -2.43. The van der Waals surface area contributed by atoms with Gasteiger partial charge in [-0.05, 0) is 6.42 Å². The molecule has 0 rings (SSSR count). The number of hydrogen-bond donors (Lipinski definition) is 2. The van der Waals surface area contributed by atoms with E-state index in [1.54, 1.807) is 0 Å². The summed E-state index contributed by atoms with van der Waals surface area (Å²) in [5.41, 5.74) is 0. The maximum absolute atomic E-state index is 9.75. The Morgan fingerprint density at radius 1 is 0.696 bits per heavy atom. The van der Waals surface area contributed by atoms with E-state index in [4.69, 9.17) is 18.9 Å². The van der Waals surface area contributed by atoms with Crippen LogP contribution >= 0.6 is 0 Å². The molecular formula is C16H36NO6+. The molecule has 23 heavy (non-hydrogen) atoms. The molecule has 0 aromatic heterocycles. The van der Waals surface area contributed by atoms with Gasteiger partial charge in [-0.15, -0.1) is 0 Å². The van der Waals surface area contributed by atoms with Crippen LogP contribution < -0.4 is 0 Å². The SMILES string of the molecule is CCC(O)COCCOCCOCCOCC(O)C[N+](C)(C)C. The molecule has 0 radical (unpaired) electrons. The first kappa shape index (κ1) is 22.7. The van der Waals surface area contributed by atoms with Crippen molar-refractivity contribution in [2.45, 2.75) is 25.6 Å². The molecule has 0 saturated heterocycles. The summed E-state index contributed by atoms with van der Waals surface area (Å²) >= 11 is 0. The molecule has 140 valence electrons. The summed E-state index contributed by atoms with van der Waals surface area (Å²) in [5, 5.41) is 19.0. The van der Waals surface area contributed by atoms with Crippen molar-refractivity contribution in [3.05, 3.63) is 0 Å². The number of likely N-dealkylation sites (N-methyl/N-ethyl adjacent to an activating group) is 1. The molecule has 0 aromatic carbocycles. The van der Waals surface area contributed by atoms with Crippen molar-refractivity contribution >= 4 is 0 Å². The number of aliphatic hydroxyl groups is 2. The fourth-order valence-electron chi connectivity index (χ4n) is 1.80. The largest absolute Gasteiger partial charge is 0.391 e. The molecule has 0 heterocycles. The van der Waals surface area contributed by atoms with Crippen LogP contribution in [0.5, 0.6) is 0 Å². The second-order valence-electron chi connectivity index (χ2n) is 6.56. The van der Waals surface area contributed by atoms with Crippen molar-refractivity contribution in [2.24, 2.45) is 0 Å². The predicted octanol–water partition coefficient (Wildman–Crippen LogP) is -0.109. The van der Waals surface area contributed by atoms with Gasteiger partial charge in [0.25, 0.3) is 0 Å². The minimum Gasteiger partial charge on any atom is -0.391 e. The number of nitrogens with zero attached hydrogens (tertiary/aromatic N) is 1. The predicted molar refractivity (Wildman–Crippen MR) is 88.5 cm³/mol. The third kappa shape index (κ3) is 17.9. The second kappa shape index (κ2) is 14.1. The lowest BCUT2D eigenvalue weighted by Gasteiger charge is -2.26. The highest BCUT2D eigenvalue weighted by Gasteiger charge is 2.15. The van der Waals surface area contributed by atoms with Crippen molar-refractivity contribution < 1.29 is 33.6 Å². The van der Waals surface area contributed by atoms with E-state index in [1.165, 1.54) is 0 Å². The first-order valence-corrected chi connectivity index (χ1v) is 8.32. The molecule has 2 N–H and O–H groups in total. The Kier molecular flexibility index (Phi) is 13.9. The molecule has 0 aliphatic rings. The van der Waals surface area contributed by atoms with Crippen LogP contribution in [0.2, 0.25) is 0 Å². The average molecular weight is 338 g/mol. The highest BCUT2D eigenvalue weighted by atomic mass is 16.6. The molecule has 2 atom stereocenters. The topological polar surface area (TPSA) is 77.4 Å². The zero-order chi connectivity index (χ0) is 17.6. The summed E-state index contributed by atoms with van der Waals surface area (Å²) in [4.78, 5) is 0. The van der Waals surface area contributed by atoms with E-state index in [0.717, 1.165) is 0 Å². The Bertz CT molecular complexity index is 259. The standard InChI is InChI=1S/C16H36NO6/c1-5-15(18)13-22-10-8-20-6-7-21-9-11-23-14-16(19)12-17(2,3)4/h15-16,18-19H,5-14H2,1-4H3/q+1. The lowest BCUT2D eigenvalue weighted by atomic mass is 10.3. The number of rotatable bonds is 16. The van der Waals surface area contributed by atoms with Gasteiger partial charge in [0.1, 0.15) is 12.6 Å². The van der Waals surface area contributed by atoms with Gasteiger partial charge in [0.15, 0.2) is 0 Å². The fraction of sp³-hybridized carbons (Fsp3) is 1.00. The third-order valence-electron chi connectivity index (χ3n) is 2.97. The molecule has 0 amide bonds. The van der Waals surface area contributed by atoms with Crippen molar-refractivity contribution in [2.75, 3.05) is 80.5 Å². The summed E-state index contributed by atoms with van der Waals surface area (Å²) in [6.07, 6.45) is -0.146. The molecule has 0 bridgehead atoms. The number of ether oxygens (including phenoxy) is 4. The number of quaternary nitrogens is 1. The van der Waals surface area contributed by atoms with Gasteiger partial charge in [-0.25, -0.2) is 0 Å². The van der Waals surface area contributed by atoms with Crippen LogP contribution in [-0.4, -0.2) is 107 Å². The van der Waals surface area contributed by atoms with E-state index >= 15 is 0 Å². The normalized spacial score (nSPS) is 14.9. The van der Waals surface area contributed by atoms with E-state index < -0.39 is 6.10 Å². The van der Waals surface area contributed by atoms with Crippen molar-refractivity contribution in [1.29, 1.82) is 0 Å². The molecule has 2 unspecified atom stereocenters. The fourth-order valence-corrected chi connectivity index (χ4v) is 1.80. The zero-order valence-electron chi connectivity index (χ0n) is 15.2. The third-order valence-corrected chi connectivity index (χ3v) is 2.97. The molecule has 0 saturated carbocycles. The van der Waals surface area contributed by atoms with Gasteiger partial charge in [0.2, 0.25) is 0 Å². The van der Waals surface area contributed by atoms with Crippen LogP contribution in [0.15, 0.2) is 0 Å². The molecule has 0 aliphatic heterocycles. The van der Waals surface area contributed by atoms with Crippen LogP contribution in [0.1, 0.15) is 13.3 Å². The molecule has 7 heteroatoms. The summed E-state index contributed by atoms with van der Waals surface area (Å²) in [6, 6.07) is 0. The summed E-state index contributed by atoms with van der Waals surface area (Å²) < 4.78 is 22.0. The van der Waals surface area contributed by atoms with E-state index in [2.05, 4.69) is 0 Å². The van der Waals surface area contributed by atoms with Gasteiger partial charge >= 0.3 is 0 Å². The summed E-state index contributed by atoms with van der Waals surface area (Å²) in [5.74, 6) is 0. The zero-order valence-corrected chi connectivity index (χ0v) is 15.2. The van der Waals surface area contributed by atoms with Gasteiger partial charge in [0.05, 0.1) is 80.1 Å². The Labute approximate surface area is 140 Å². The van der Waals surface area contributed by atoms with Crippen molar-refractivity contribution in [3.63, 3.8) is 0 Å². The minimum absolute atomic E-state index is 0.330. The highest BCUT2D eigenvalue weighted by molar-refractivity contribution is 4.51. The Morgan fingerprint density at radius 2 is 1.09 bits per heavy atom. The number of hydrogen-bond acceptors (Lipinski definition) is 6. The van der Waals surface area contributed by atoms with Crippen LogP contribution in [0.25, 0.3) is 0 Å². The van der Waals surface area contributed by atoms with E-state index in [0.29, 0.717) is 70.3 Å². The van der Waals surface area contributed by atoms with Crippen LogP contribution in [-0.2, 0) is 18.9 Å². The molecular weight excluding hydrogens is 302 g/mol. The van der Waals surface area contributed by atoms with Crippen LogP contribution in [0, 0.1) is 0 Å². The van der Waals surface area contributed by atoms with Gasteiger partial charge < -0.3 is 33.6 Å². The van der Waals surface area contributed by atoms with E-state index in [-0.39, 0.29) is 6.10 Å². The van der Waals surface area contributed by atoms with Gasteiger partial charge in [-0.3, -0.25) is 0 Å². The van der Waals surface area contributed by atoms with Crippen LogP contribution in [0.3, 0.4) is 0 Å². The Hall–Kier alpha value is -0.280. The smallest absolute Gasteiger partial charge is 0.126 e. The van der Waals surface area contributed by atoms with E-state index in [9.17, 15) is 10.2 Å². The summed E-state index contributed by atoms with van der Waals surface area (Å²) in [6.45, 7) is 6.18. The minimum atomic E-state index is -0.454. The van der Waals surface area contributed by atoms with Gasteiger partial charge in [0, 0.05) is 0 Å². The Balaban J connectivity index is 3.19. The van der Waals surface area contributed by atoms with Crippen molar-refractivity contribution in [3.8, 4) is 0 Å².